The quantitative estimate of drug-likeness (QED) is 0.759. The molecule has 0 aliphatic carbocycles. The third-order valence-electron chi connectivity index (χ3n) is 4.33. The lowest BCUT2D eigenvalue weighted by Gasteiger charge is -2.06. The van der Waals surface area contributed by atoms with Gasteiger partial charge in [-0.05, 0) is 56.2 Å². The van der Waals surface area contributed by atoms with Gasteiger partial charge >= 0.3 is 0 Å². The lowest BCUT2D eigenvalue weighted by molar-refractivity contribution is 0.0954. The van der Waals surface area contributed by atoms with Crippen molar-refractivity contribution in [3.8, 4) is 11.5 Å². The molecule has 1 N–H and O–H groups in total. The van der Waals surface area contributed by atoms with Crippen LogP contribution in [0.1, 0.15) is 32.9 Å². The molecule has 4 heteroatoms. The van der Waals surface area contributed by atoms with Crippen LogP contribution in [-0.4, -0.2) is 17.4 Å². The topological polar surface area (TPSA) is 55.1 Å². The molecule has 0 atom stereocenters. The summed E-state index contributed by atoms with van der Waals surface area (Å²) in [6, 6.07) is 15.6. The first-order valence-corrected chi connectivity index (χ1v) is 8.42. The maximum absolute atomic E-state index is 12.3. The van der Waals surface area contributed by atoms with Crippen molar-refractivity contribution in [3.05, 3.63) is 76.7 Å². The van der Waals surface area contributed by atoms with Crippen molar-refractivity contribution in [1.29, 1.82) is 0 Å². The highest BCUT2D eigenvalue weighted by Gasteiger charge is 2.12. The summed E-state index contributed by atoms with van der Waals surface area (Å²) in [6.45, 7) is 6.47. The lowest BCUT2D eigenvalue weighted by atomic mass is 10.1. The number of oxazole rings is 1. The fourth-order valence-electron chi connectivity index (χ4n) is 2.64. The van der Waals surface area contributed by atoms with Gasteiger partial charge in [-0.3, -0.25) is 4.79 Å². The molecule has 3 aromatic rings. The fourth-order valence-corrected chi connectivity index (χ4v) is 2.64. The molecule has 4 nitrogen and oxygen atoms in total. The van der Waals surface area contributed by atoms with Gasteiger partial charge in [-0.1, -0.05) is 24.3 Å². The highest BCUT2D eigenvalue weighted by Crippen LogP contribution is 2.21. The molecule has 0 bridgehead atoms. The van der Waals surface area contributed by atoms with E-state index in [4.69, 9.17) is 4.42 Å². The van der Waals surface area contributed by atoms with Crippen LogP contribution in [0.15, 0.2) is 52.9 Å². The average molecular weight is 334 g/mol. The number of nitrogens with zero attached hydrogens (tertiary/aromatic N) is 1. The van der Waals surface area contributed by atoms with Crippen molar-refractivity contribution < 1.29 is 9.21 Å². The van der Waals surface area contributed by atoms with E-state index in [1.807, 2.05) is 69.3 Å². The molecule has 25 heavy (non-hydrogen) atoms. The monoisotopic (exact) mass is 334 g/mol. The van der Waals surface area contributed by atoms with Crippen molar-refractivity contribution in [3.63, 3.8) is 0 Å². The Labute approximate surface area is 147 Å². The van der Waals surface area contributed by atoms with E-state index >= 15 is 0 Å². The Balaban J connectivity index is 1.61. The smallest absolute Gasteiger partial charge is 0.251 e. The van der Waals surface area contributed by atoms with E-state index in [0.717, 1.165) is 22.6 Å². The first-order valence-electron chi connectivity index (χ1n) is 8.42. The van der Waals surface area contributed by atoms with Crippen LogP contribution < -0.4 is 5.32 Å². The number of amides is 1. The van der Waals surface area contributed by atoms with Gasteiger partial charge in [-0.2, -0.15) is 0 Å². The molecule has 0 saturated heterocycles. The number of benzene rings is 2. The Kier molecular flexibility index (Phi) is 4.98. The molecule has 3 rings (SSSR count). The van der Waals surface area contributed by atoms with E-state index in [9.17, 15) is 4.79 Å². The highest BCUT2D eigenvalue weighted by molar-refractivity contribution is 5.94. The van der Waals surface area contributed by atoms with E-state index in [1.165, 1.54) is 5.56 Å². The molecule has 0 aliphatic rings. The number of hydrogen-bond donors (Lipinski definition) is 1. The van der Waals surface area contributed by atoms with E-state index in [1.54, 1.807) is 0 Å². The van der Waals surface area contributed by atoms with E-state index in [-0.39, 0.29) is 5.91 Å². The molecule has 0 aliphatic heterocycles. The van der Waals surface area contributed by atoms with Crippen molar-refractivity contribution in [2.24, 2.45) is 0 Å². The van der Waals surface area contributed by atoms with Gasteiger partial charge in [0.2, 0.25) is 5.89 Å². The van der Waals surface area contributed by atoms with Gasteiger partial charge in [0.25, 0.3) is 5.91 Å². The first kappa shape index (κ1) is 17.0. The molecule has 1 aromatic heterocycles. The standard InChI is InChI=1S/C21H22N2O2/c1-14-9-10-18(13-15(14)2)20(24)22-12-11-19-16(3)25-21(23-19)17-7-5-4-6-8-17/h4-10,13H,11-12H2,1-3H3,(H,22,24). The zero-order valence-electron chi connectivity index (χ0n) is 14.8. The maximum Gasteiger partial charge on any atom is 0.251 e. The molecule has 0 spiro atoms. The van der Waals surface area contributed by atoms with Crippen LogP contribution >= 0.6 is 0 Å². The second-order valence-electron chi connectivity index (χ2n) is 6.19. The van der Waals surface area contributed by atoms with Crippen LogP contribution in [0.5, 0.6) is 0 Å². The predicted molar refractivity (Wildman–Crippen MR) is 98.6 cm³/mol. The van der Waals surface area contributed by atoms with E-state index in [0.29, 0.717) is 24.4 Å². The van der Waals surface area contributed by atoms with Gasteiger partial charge in [0.1, 0.15) is 5.76 Å². The summed E-state index contributed by atoms with van der Waals surface area (Å²) in [7, 11) is 0. The van der Waals surface area contributed by atoms with Gasteiger partial charge < -0.3 is 9.73 Å². The number of aryl methyl sites for hydroxylation is 3. The van der Waals surface area contributed by atoms with Crippen molar-refractivity contribution in [2.45, 2.75) is 27.2 Å². The molecular formula is C21H22N2O2. The molecule has 1 amide bonds. The molecule has 128 valence electrons. The van der Waals surface area contributed by atoms with E-state index < -0.39 is 0 Å². The molecule has 0 saturated carbocycles. The zero-order chi connectivity index (χ0) is 17.8. The molecule has 2 aromatic carbocycles. The summed E-state index contributed by atoms with van der Waals surface area (Å²) in [5, 5.41) is 2.95. The SMILES string of the molecule is Cc1ccc(C(=O)NCCc2nc(-c3ccccc3)oc2C)cc1C. The highest BCUT2D eigenvalue weighted by atomic mass is 16.4. The molecule has 0 fully saturated rings. The molecule has 0 radical (unpaired) electrons. The summed E-state index contributed by atoms with van der Waals surface area (Å²) in [5.41, 5.74) is 4.82. The number of aromatic nitrogens is 1. The largest absolute Gasteiger partial charge is 0.441 e. The number of carbonyl (C=O) groups excluding carboxylic acids is 1. The van der Waals surface area contributed by atoms with Crippen molar-refractivity contribution >= 4 is 5.91 Å². The second kappa shape index (κ2) is 7.34. The number of hydrogen-bond acceptors (Lipinski definition) is 3. The first-order chi connectivity index (χ1) is 12.0. The second-order valence-corrected chi connectivity index (χ2v) is 6.19. The Morgan fingerprint density at radius 3 is 2.52 bits per heavy atom. The normalized spacial score (nSPS) is 10.7. The summed E-state index contributed by atoms with van der Waals surface area (Å²) < 4.78 is 5.75. The predicted octanol–water partition coefficient (Wildman–Crippen LogP) is 4.24. The van der Waals surface area contributed by atoms with Crippen LogP contribution in [0.2, 0.25) is 0 Å². The van der Waals surface area contributed by atoms with Crippen LogP contribution in [0.3, 0.4) is 0 Å². The summed E-state index contributed by atoms with van der Waals surface area (Å²) in [6.07, 6.45) is 0.638. The van der Waals surface area contributed by atoms with Crippen LogP contribution in [-0.2, 0) is 6.42 Å². The van der Waals surface area contributed by atoms with Gasteiger partial charge in [0, 0.05) is 24.1 Å². The molecule has 0 unspecified atom stereocenters. The number of carbonyl (C=O) groups is 1. The number of rotatable bonds is 5. The van der Waals surface area contributed by atoms with Crippen LogP contribution in [0.4, 0.5) is 0 Å². The maximum atomic E-state index is 12.3. The molecule has 1 heterocycles. The van der Waals surface area contributed by atoms with Gasteiger partial charge in [0.15, 0.2) is 0 Å². The Morgan fingerprint density at radius 1 is 1.04 bits per heavy atom. The minimum Gasteiger partial charge on any atom is -0.441 e. The average Bonchev–Trinajstić information content (AvgIpc) is 2.99. The number of nitrogens with one attached hydrogen (secondary N) is 1. The minimum atomic E-state index is -0.0625. The third kappa shape index (κ3) is 3.97. The summed E-state index contributed by atoms with van der Waals surface area (Å²) in [5.74, 6) is 1.35. The van der Waals surface area contributed by atoms with Crippen LogP contribution in [0, 0.1) is 20.8 Å². The summed E-state index contributed by atoms with van der Waals surface area (Å²) in [4.78, 5) is 16.8. The Bertz CT molecular complexity index is 882. The Morgan fingerprint density at radius 2 is 1.80 bits per heavy atom. The van der Waals surface area contributed by atoms with Crippen molar-refractivity contribution in [2.75, 3.05) is 6.54 Å². The molecular weight excluding hydrogens is 312 g/mol. The lowest BCUT2D eigenvalue weighted by Crippen LogP contribution is -2.26. The Hall–Kier alpha value is -2.88. The van der Waals surface area contributed by atoms with Crippen LogP contribution in [0.25, 0.3) is 11.5 Å². The summed E-state index contributed by atoms with van der Waals surface area (Å²) >= 11 is 0. The fraction of sp³-hybridized carbons (Fsp3) is 0.238. The van der Waals surface area contributed by atoms with E-state index in [2.05, 4.69) is 10.3 Å². The zero-order valence-corrected chi connectivity index (χ0v) is 14.8. The van der Waals surface area contributed by atoms with Gasteiger partial charge in [-0.25, -0.2) is 4.98 Å². The minimum absolute atomic E-state index is 0.0625. The van der Waals surface area contributed by atoms with Crippen molar-refractivity contribution in [1.82, 2.24) is 10.3 Å². The van der Waals surface area contributed by atoms with Gasteiger partial charge in [-0.15, -0.1) is 0 Å². The third-order valence-corrected chi connectivity index (χ3v) is 4.33. The van der Waals surface area contributed by atoms with Gasteiger partial charge in [0.05, 0.1) is 5.69 Å².